The summed E-state index contributed by atoms with van der Waals surface area (Å²) in [4.78, 5) is 9.95. The highest BCUT2D eigenvalue weighted by atomic mass is 16.1. The van der Waals surface area contributed by atoms with Crippen LogP contribution < -0.4 is 5.32 Å². The van der Waals surface area contributed by atoms with Gasteiger partial charge in [0, 0.05) is 0 Å². The Morgan fingerprint density at radius 1 is 1.30 bits per heavy atom. The number of hydrogen-bond donors (Lipinski definition) is 1. The Labute approximate surface area is 61.3 Å². The van der Waals surface area contributed by atoms with E-state index < -0.39 is 0 Å². The highest BCUT2D eigenvalue weighted by molar-refractivity contribution is 5.64. The summed E-state index contributed by atoms with van der Waals surface area (Å²) in [6.45, 7) is 2.18. The first-order valence-corrected chi connectivity index (χ1v) is 3.76. The largest absolute Gasteiger partial charge is 0.317 e. The van der Waals surface area contributed by atoms with Gasteiger partial charge in [-0.3, -0.25) is 4.79 Å². The molecule has 0 aliphatic carbocycles. The lowest BCUT2D eigenvalue weighted by Crippen LogP contribution is -2.26. The second-order valence-electron chi connectivity index (χ2n) is 2.61. The molecule has 1 fully saturated rings. The molecule has 56 valence electrons. The van der Waals surface area contributed by atoms with E-state index in [-0.39, 0.29) is 0 Å². The smallest absolute Gasteiger partial charge is 0.142 e. The van der Waals surface area contributed by atoms with Crippen LogP contribution in [0, 0.1) is 5.92 Å². The van der Waals surface area contributed by atoms with Gasteiger partial charge in [-0.2, -0.15) is 0 Å². The lowest BCUT2D eigenvalue weighted by molar-refractivity contribution is -0.104. The molecule has 1 heterocycles. The van der Waals surface area contributed by atoms with Crippen molar-refractivity contribution in [2.24, 2.45) is 5.92 Å². The van der Waals surface area contributed by atoms with Gasteiger partial charge in [0.25, 0.3) is 0 Å². The molecule has 0 aromatic rings. The van der Waals surface area contributed by atoms with Crippen molar-refractivity contribution in [1.82, 2.24) is 5.32 Å². The molecular weight excluding hydrogens is 126 g/mol. The number of hydrogen-bond acceptors (Lipinski definition) is 2. The average molecular weight is 139 g/mol. The van der Waals surface area contributed by atoms with Crippen molar-refractivity contribution in [2.45, 2.75) is 12.8 Å². The minimum absolute atomic E-state index is 0.631. The summed E-state index contributed by atoms with van der Waals surface area (Å²) in [5.74, 6) is 0.631. The summed E-state index contributed by atoms with van der Waals surface area (Å²) >= 11 is 0. The van der Waals surface area contributed by atoms with Gasteiger partial charge in [-0.15, -0.1) is 0 Å². The molecule has 0 saturated carbocycles. The summed E-state index contributed by atoms with van der Waals surface area (Å²) in [5, 5.41) is 3.27. The molecule has 0 aromatic carbocycles. The van der Waals surface area contributed by atoms with Gasteiger partial charge in [-0.05, 0) is 37.9 Å². The maximum atomic E-state index is 9.95. The van der Waals surface area contributed by atoms with Crippen molar-refractivity contribution in [3.8, 4) is 0 Å². The van der Waals surface area contributed by atoms with E-state index in [1.54, 1.807) is 6.08 Å². The van der Waals surface area contributed by atoms with E-state index in [1.807, 2.05) is 6.08 Å². The van der Waals surface area contributed by atoms with E-state index in [0.29, 0.717) is 5.92 Å². The second-order valence-corrected chi connectivity index (χ2v) is 2.61. The third-order valence-electron chi connectivity index (χ3n) is 1.85. The second kappa shape index (κ2) is 4.23. The normalized spacial score (nSPS) is 21.6. The zero-order chi connectivity index (χ0) is 7.23. The molecule has 0 amide bonds. The molecule has 1 rings (SSSR count). The zero-order valence-corrected chi connectivity index (χ0v) is 6.05. The number of rotatable bonds is 2. The number of piperidine rings is 1. The van der Waals surface area contributed by atoms with Crippen LogP contribution >= 0.6 is 0 Å². The monoisotopic (exact) mass is 139 g/mol. The van der Waals surface area contributed by atoms with Gasteiger partial charge in [0.05, 0.1) is 0 Å². The number of carbonyl (C=O) groups excluding carboxylic acids is 1. The third kappa shape index (κ3) is 2.31. The van der Waals surface area contributed by atoms with Gasteiger partial charge < -0.3 is 5.32 Å². The first-order valence-electron chi connectivity index (χ1n) is 3.76. The predicted octanol–water partition coefficient (Wildman–Crippen LogP) is 0.741. The van der Waals surface area contributed by atoms with Crippen LogP contribution in [0.15, 0.2) is 12.2 Å². The lowest BCUT2D eigenvalue weighted by atomic mass is 9.98. The van der Waals surface area contributed by atoms with Gasteiger partial charge in [-0.25, -0.2) is 0 Å². The predicted molar refractivity (Wildman–Crippen MR) is 40.8 cm³/mol. The summed E-state index contributed by atoms with van der Waals surface area (Å²) in [6, 6.07) is 0. The first-order chi connectivity index (χ1) is 4.93. The molecule has 1 aliphatic rings. The molecule has 1 aliphatic heterocycles. The van der Waals surface area contributed by atoms with Gasteiger partial charge in [0.1, 0.15) is 6.29 Å². The molecule has 1 saturated heterocycles. The quantitative estimate of drug-likeness (QED) is 0.451. The van der Waals surface area contributed by atoms with Crippen molar-refractivity contribution >= 4 is 6.29 Å². The molecule has 2 nitrogen and oxygen atoms in total. The number of aldehydes is 1. The van der Waals surface area contributed by atoms with Crippen LogP contribution in [0.1, 0.15) is 12.8 Å². The summed E-state index contributed by atoms with van der Waals surface area (Å²) in [6.07, 6.45) is 6.81. The first kappa shape index (κ1) is 7.48. The molecule has 0 unspecified atom stereocenters. The summed E-state index contributed by atoms with van der Waals surface area (Å²) in [5.41, 5.74) is 0. The topological polar surface area (TPSA) is 29.1 Å². The Kier molecular flexibility index (Phi) is 3.16. The van der Waals surface area contributed by atoms with Crippen LogP contribution in [-0.2, 0) is 4.79 Å². The Hall–Kier alpha value is -0.630. The van der Waals surface area contributed by atoms with Crippen LogP contribution in [0.3, 0.4) is 0 Å². The van der Waals surface area contributed by atoms with Crippen LogP contribution in [0.5, 0.6) is 0 Å². The Morgan fingerprint density at radius 3 is 2.60 bits per heavy atom. The highest BCUT2D eigenvalue weighted by Crippen LogP contribution is 2.11. The molecule has 10 heavy (non-hydrogen) atoms. The van der Waals surface area contributed by atoms with Crippen molar-refractivity contribution in [3.05, 3.63) is 12.2 Å². The fourth-order valence-electron chi connectivity index (χ4n) is 1.24. The van der Waals surface area contributed by atoms with E-state index in [0.717, 1.165) is 19.4 Å². The van der Waals surface area contributed by atoms with Gasteiger partial charge in [0.15, 0.2) is 0 Å². The van der Waals surface area contributed by atoms with Crippen molar-refractivity contribution < 1.29 is 4.79 Å². The highest BCUT2D eigenvalue weighted by Gasteiger charge is 2.08. The molecule has 0 aromatic heterocycles. The van der Waals surface area contributed by atoms with E-state index in [4.69, 9.17) is 0 Å². The Bertz CT molecular complexity index is 125. The molecule has 0 atom stereocenters. The molecular formula is C8H13NO. The van der Waals surface area contributed by atoms with Crippen LogP contribution in [0.2, 0.25) is 0 Å². The number of carbonyl (C=O) groups is 1. The van der Waals surface area contributed by atoms with Gasteiger partial charge in [0.2, 0.25) is 0 Å². The Balaban J connectivity index is 2.25. The van der Waals surface area contributed by atoms with Crippen LogP contribution in [0.4, 0.5) is 0 Å². The maximum Gasteiger partial charge on any atom is 0.142 e. The Morgan fingerprint density at radius 2 is 2.00 bits per heavy atom. The average Bonchev–Trinajstić information content (AvgIpc) is 2.03. The standard InChI is InChI=1S/C8H13NO/c10-7-1-2-8-3-5-9-6-4-8/h1-2,7-9H,3-6H2. The molecule has 0 bridgehead atoms. The minimum atomic E-state index is 0.631. The van der Waals surface area contributed by atoms with Crippen molar-refractivity contribution in [2.75, 3.05) is 13.1 Å². The van der Waals surface area contributed by atoms with Crippen molar-refractivity contribution in [1.29, 1.82) is 0 Å². The molecule has 0 spiro atoms. The van der Waals surface area contributed by atoms with E-state index in [9.17, 15) is 4.79 Å². The van der Waals surface area contributed by atoms with E-state index >= 15 is 0 Å². The van der Waals surface area contributed by atoms with Gasteiger partial charge in [-0.1, -0.05) is 6.08 Å². The lowest BCUT2D eigenvalue weighted by Gasteiger charge is -2.18. The fraction of sp³-hybridized carbons (Fsp3) is 0.625. The summed E-state index contributed by atoms with van der Waals surface area (Å²) in [7, 11) is 0. The third-order valence-corrected chi connectivity index (χ3v) is 1.85. The van der Waals surface area contributed by atoms with Gasteiger partial charge >= 0.3 is 0 Å². The van der Waals surface area contributed by atoms with E-state index in [1.165, 1.54) is 12.8 Å². The summed E-state index contributed by atoms with van der Waals surface area (Å²) < 4.78 is 0. The van der Waals surface area contributed by atoms with Crippen LogP contribution in [0.25, 0.3) is 0 Å². The molecule has 1 N–H and O–H groups in total. The molecule has 2 heteroatoms. The van der Waals surface area contributed by atoms with Crippen LogP contribution in [-0.4, -0.2) is 19.4 Å². The maximum absolute atomic E-state index is 9.95. The molecule has 0 radical (unpaired) electrons. The minimum Gasteiger partial charge on any atom is -0.317 e. The fourth-order valence-corrected chi connectivity index (χ4v) is 1.24. The zero-order valence-electron chi connectivity index (χ0n) is 6.05. The van der Waals surface area contributed by atoms with E-state index in [2.05, 4.69) is 5.32 Å². The SMILES string of the molecule is O=CC=CC1CCNCC1. The number of nitrogens with one attached hydrogen (secondary N) is 1. The van der Waals surface area contributed by atoms with Crippen molar-refractivity contribution in [3.63, 3.8) is 0 Å². The number of allylic oxidation sites excluding steroid dienone is 2.